The number of hydrogen-bond acceptors (Lipinski definition) is 7. The van der Waals surface area contributed by atoms with Crippen LogP contribution in [0.4, 0.5) is 32.1 Å². The van der Waals surface area contributed by atoms with Crippen molar-refractivity contribution in [1.82, 2.24) is 34.6 Å². The first kappa shape index (κ1) is 24.3. The number of carbonyl (C=O) groups is 1. The molecule has 0 unspecified atom stereocenters. The SMILES string of the molecule is Cc1cc(Nc2nc(N(C)c3c(F)cc(C(=O)N(C)C)cc3F)nc(-c3cn(C)cn3)c2C2CC2)n[nH]1. The Labute approximate surface area is 212 Å². The summed E-state index contributed by atoms with van der Waals surface area (Å²) in [4.78, 5) is 28.6. The lowest BCUT2D eigenvalue weighted by Crippen LogP contribution is -2.23. The minimum Gasteiger partial charge on any atom is -0.345 e. The lowest BCUT2D eigenvalue weighted by atomic mass is 10.1. The number of aryl methyl sites for hydroxylation is 2. The molecule has 1 aromatic carbocycles. The summed E-state index contributed by atoms with van der Waals surface area (Å²) in [6.07, 6.45) is 5.44. The Balaban J connectivity index is 1.65. The maximum Gasteiger partial charge on any atom is 0.253 e. The van der Waals surface area contributed by atoms with Gasteiger partial charge in [-0.3, -0.25) is 9.89 Å². The molecule has 1 saturated carbocycles. The maximum absolute atomic E-state index is 15.2. The molecule has 0 spiro atoms. The van der Waals surface area contributed by atoms with E-state index in [4.69, 9.17) is 4.98 Å². The Morgan fingerprint density at radius 3 is 2.38 bits per heavy atom. The van der Waals surface area contributed by atoms with E-state index in [1.807, 2.05) is 30.8 Å². The Hall–Kier alpha value is -4.35. The standard InChI is InChI=1S/C25H27F2N9O/c1-13-8-19(33-32-13)29-23-20(14-6-7-14)21(18-11-35(4)12-28-18)30-25(31-23)36(5)22-16(26)9-15(10-17(22)27)24(37)34(2)3/h8-12,14H,6-7H2,1-5H3,(H2,29,30,31,32,33). The van der Waals surface area contributed by atoms with Crippen molar-refractivity contribution in [2.24, 2.45) is 7.05 Å². The Morgan fingerprint density at radius 2 is 1.84 bits per heavy atom. The van der Waals surface area contributed by atoms with E-state index in [1.54, 1.807) is 6.33 Å². The summed E-state index contributed by atoms with van der Waals surface area (Å²) in [5, 5.41) is 10.4. The van der Waals surface area contributed by atoms with Crippen molar-refractivity contribution < 1.29 is 13.6 Å². The van der Waals surface area contributed by atoms with Crippen molar-refractivity contribution in [2.75, 3.05) is 31.4 Å². The second kappa shape index (κ2) is 9.26. The van der Waals surface area contributed by atoms with Crippen LogP contribution in [0, 0.1) is 18.6 Å². The van der Waals surface area contributed by atoms with Crippen LogP contribution in [0.25, 0.3) is 11.4 Å². The van der Waals surface area contributed by atoms with E-state index in [1.165, 1.54) is 30.9 Å². The molecule has 1 aliphatic rings. The van der Waals surface area contributed by atoms with Crippen molar-refractivity contribution in [3.05, 3.63) is 59.2 Å². The molecule has 0 bridgehead atoms. The topological polar surface area (TPSA) is 108 Å². The van der Waals surface area contributed by atoms with Gasteiger partial charge in [0.1, 0.15) is 22.9 Å². The number of amides is 1. The largest absolute Gasteiger partial charge is 0.345 e. The highest BCUT2D eigenvalue weighted by Gasteiger charge is 2.33. The zero-order valence-electron chi connectivity index (χ0n) is 21.2. The third-order valence-electron chi connectivity index (χ3n) is 6.12. The van der Waals surface area contributed by atoms with E-state index in [-0.39, 0.29) is 23.1 Å². The van der Waals surface area contributed by atoms with Crippen LogP contribution in [-0.2, 0) is 7.05 Å². The second-order valence-electron chi connectivity index (χ2n) is 9.44. The number of rotatable bonds is 7. The summed E-state index contributed by atoms with van der Waals surface area (Å²) in [7, 11) is 6.37. The summed E-state index contributed by atoms with van der Waals surface area (Å²) in [6.45, 7) is 1.88. The van der Waals surface area contributed by atoms with Crippen LogP contribution in [0.3, 0.4) is 0 Å². The van der Waals surface area contributed by atoms with Gasteiger partial charge in [0.15, 0.2) is 17.5 Å². The molecular formula is C25H27F2N9O. The summed E-state index contributed by atoms with van der Waals surface area (Å²) >= 11 is 0. The number of aromatic amines is 1. The van der Waals surface area contributed by atoms with E-state index >= 15 is 8.78 Å². The molecule has 4 aromatic rings. The molecule has 2 N–H and O–H groups in total. The average molecular weight is 508 g/mol. The summed E-state index contributed by atoms with van der Waals surface area (Å²) in [5.74, 6) is -0.976. The van der Waals surface area contributed by atoms with E-state index in [2.05, 4.69) is 25.5 Å². The van der Waals surface area contributed by atoms with Crippen LogP contribution in [0.15, 0.2) is 30.7 Å². The molecule has 0 atom stereocenters. The molecule has 192 valence electrons. The number of benzene rings is 1. The zero-order valence-corrected chi connectivity index (χ0v) is 21.2. The van der Waals surface area contributed by atoms with Crippen molar-refractivity contribution in [3.63, 3.8) is 0 Å². The first-order valence-corrected chi connectivity index (χ1v) is 11.8. The highest BCUT2D eigenvalue weighted by atomic mass is 19.1. The fourth-order valence-corrected chi connectivity index (χ4v) is 4.16. The number of nitrogens with zero attached hydrogens (tertiary/aromatic N) is 7. The molecule has 3 heterocycles. The highest BCUT2D eigenvalue weighted by Crippen LogP contribution is 2.48. The predicted molar refractivity (Wildman–Crippen MR) is 135 cm³/mol. The number of hydrogen-bond donors (Lipinski definition) is 2. The zero-order chi connectivity index (χ0) is 26.4. The first-order chi connectivity index (χ1) is 17.6. The Bertz CT molecular complexity index is 1470. The lowest BCUT2D eigenvalue weighted by Gasteiger charge is -2.22. The van der Waals surface area contributed by atoms with Gasteiger partial charge in [0.05, 0.1) is 6.33 Å². The smallest absolute Gasteiger partial charge is 0.253 e. The summed E-state index contributed by atoms with van der Waals surface area (Å²) in [6, 6.07) is 3.87. The molecule has 0 saturated heterocycles. The molecule has 0 aliphatic heterocycles. The van der Waals surface area contributed by atoms with Crippen LogP contribution in [0.2, 0.25) is 0 Å². The van der Waals surface area contributed by atoms with Gasteiger partial charge in [-0.25, -0.2) is 18.7 Å². The maximum atomic E-state index is 15.2. The van der Waals surface area contributed by atoms with Crippen LogP contribution in [0.1, 0.15) is 40.4 Å². The molecular weight excluding hydrogens is 480 g/mol. The van der Waals surface area contributed by atoms with Crippen LogP contribution < -0.4 is 10.2 Å². The third kappa shape index (κ3) is 4.74. The summed E-state index contributed by atoms with van der Waals surface area (Å²) in [5.41, 5.74) is 2.48. The molecule has 5 rings (SSSR count). The molecule has 1 amide bonds. The number of carbonyl (C=O) groups excluding carboxylic acids is 1. The fourth-order valence-electron chi connectivity index (χ4n) is 4.16. The van der Waals surface area contributed by atoms with Gasteiger partial charge in [0.25, 0.3) is 5.91 Å². The molecule has 1 fully saturated rings. The number of imidazole rings is 1. The highest BCUT2D eigenvalue weighted by molar-refractivity contribution is 5.94. The van der Waals surface area contributed by atoms with Gasteiger partial charge in [0.2, 0.25) is 5.95 Å². The van der Waals surface area contributed by atoms with E-state index in [9.17, 15) is 4.79 Å². The molecule has 10 nitrogen and oxygen atoms in total. The first-order valence-electron chi connectivity index (χ1n) is 11.8. The average Bonchev–Trinajstić information content (AvgIpc) is 3.46. The van der Waals surface area contributed by atoms with Crippen molar-refractivity contribution in [2.45, 2.75) is 25.7 Å². The monoisotopic (exact) mass is 507 g/mol. The van der Waals surface area contributed by atoms with E-state index in [0.717, 1.165) is 36.2 Å². The number of H-pyrrole nitrogens is 1. The van der Waals surface area contributed by atoms with E-state index < -0.39 is 17.5 Å². The van der Waals surface area contributed by atoms with Gasteiger partial charge in [-0.2, -0.15) is 10.1 Å². The van der Waals surface area contributed by atoms with Crippen LogP contribution >= 0.6 is 0 Å². The van der Waals surface area contributed by atoms with Crippen LogP contribution in [-0.4, -0.2) is 61.7 Å². The molecule has 1 aliphatic carbocycles. The van der Waals surface area contributed by atoms with Gasteiger partial charge < -0.3 is 19.7 Å². The van der Waals surface area contributed by atoms with Crippen molar-refractivity contribution >= 4 is 29.2 Å². The summed E-state index contributed by atoms with van der Waals surface area (Å²) < 4.78 is 32.2. The second-order valence-corrected chi connectivity index (χ2v) is 9.44. The molecule has 37 heavy (non-hydrogen) atoms. The van der Waals surface area contributed by atoms with Gasteiger partial charge in [-0.1, -0.05) is 0 Å². The molecule has 12 heteroatoms. The van der Waals surface area contributed by atoms with Gasteiger partial charge >= 0.3 is 0 Å². The fraction of sp³-hybridized carbons (Fsp3) is 0.320. The third-order valence-corrected chi connectivity index (χ3v) is 6.12. The Morgan fingerprint density at radius 1 is 1.14 bits per heavy atom. The van der Waals surface area contributed by atoms with Gasteiger partial charge in [0, 0.05) is 57.3 Å². The number of anilines is 4. The molecule has 0 radical (unpaired) electrons. The quantitative estimate of drug-likeness (QED) is 0.384. The van der Waals surface area contributed by atoms with Gasteiger partial charge in [-0.05, 0) is 37.8 Å². The predicted octanol–water partition coefficient (Wildman–Crippen LogP) is 4.28. The lowest BCUT2D eigenvalue weighted by molar-refractivity contribution is 0.0826. The minimum absolute atomic E-state index is 0.0595. The van der Waals surface area contributed by atoms with Crippen molar-refractivity contribution in [1.29, 1.82) is 0 Å². The Kier molecular flexibility index (Phi) is 6.10. The number of halogens is 2. The van der Waals surface area contributed by atoms with E-state index in [0.29, 0.717) is 23.0 Å². The normalized spacial score (nSPS) is 13.1. The number of aromatic nitrogens is 6. The number of nitrogens with one attached hydrogen (secondary N) is 2. The van der Waals surface area contributed by atoms with Crippen molar-refractivity contribution in [3.8, 4) is 11.4 Å². The minimum atomic E-state index is -0.903. The van der Waals surface area contributed by atoms with Crippen LogP contribution in [0.5, 0.6) is 0 Å². The van der Waals surface area contributed by atoms with Gasteiger partial charge in [-0.15, -0.1) is 0 Å². The molecule has 3 aromatic heterocycles.